The molecule has 6 nitrogen and oxygen atoms in total. The van der Waals surface area contributed by atoms with Crippen LogP contribution in [0.15, 0.2) is 63.7 Å². The molecule has 0 aliphatic carbocycles. The summed E-state index contributed by atoms with van der Waals surface area (Å²) in [5.41, 5.74) is 1.11. The smallest absolute Gasteiger partial charge is 0.338 e. The third-order valence-corrected chi connectivity index (χ3v) is 4.63. The summed E-state index contributed by atoms with van der Waals surface area (Å²) < 4.78 is 5.78. The summed E-state index contributed by atoms with van der Waals surface area (Å²) in [7, 11) is 0. The molecule has 0 atom stereocenters. The number of imide groups is 1. The van der Waals surface area contributed by atoms with E-state index in [1.54, 1.807) is 49.4 Å². The number of nitrogens with one attached hydrogen (secondary N) is 1. The van der Waals surface area contributed by atoms with Gasteiger partial charge in [-0.25, -0.2) is 9.69 Å². The van der Waals surface area contributed by atoms with Crippen molar-refractivity contribution in [3.8, 4) is 0 Å². The van der Waals surface area contributed by atoms with E-state index in [2.05, 4.69) is 21.2 Å². The third-order valence-electron chi connectivity index (χ3n) is 3.76. The highest BCUT2D eigenvalue weighted by Gasteiger charge is 2.38. The molecule has 138 valence electrons. The molecule has 8 heteroatoms. The number of rotatable bonds is 5. The molecule has 0 radical (unpaired) electrons. The number of carbonyl (C=O) groups excluding carboxylic acids is 3. The van der Waals surface area contributed by atoms with Crippen molar-refractivity contribution >= 4 is 56.7 Å². The average molecular weight is 450 g/mol. The van der Waals surface area contributed by atoms with Gasteiger partial charge >= 0.3 is 5.97 Å². The first kappa shape index (κ1) is 19.1. The van der Waals surface area contributed by atoms with Crippen molar-refractivity contribution in [2.24, 2.45) is 0 Å². The number of nitrogens with zero attached hydrogens (tertiary/aromatic N) is 1. The van der Waals surface area contributed by atoms with E-state index in [9.17, 15) is 14.4 Å². The van der Waals surface area contributed by atoms with Crippen molar-refractivity contribution < 1.29 is 19.1 Å². The first-order chi connectivity index (χ1) is 12.9. The highest BCUT2D eigenvalue weighted by Crippen LogP contribution is 2.30. The number of halogens is 2. The molecule has 27 heavy (non-hydrogen) atoms. The van der Waals surface area contributed by atoms with Crippen molar-refractivity contribution in [1.29, 1.82) is 0 Å². The number of benzene rings is 2. The maximum atomic E-state index is 12.7. The number of esters is 1. The van der Waals surface area contributed by atoms with Gasteiger partial charge in [-0.3, -0.25) is 9.59 Å². The summed E-state index contributed by atoms with van der Waals surface area (Å²) in [6.45, 7) is 1.96. The fourth-order valence-electron chi connectivity index (χ4n) is 2.52. The number of hydrogen-bond acceptors (Lipinski definition) is 5. The zero-order chi connectivity index (χ0) is 19.6. The summed E-state index contributed by atoms with van der Waals surface area (Å²) in [6, 6.07) is 13.1. The molecule has 0 saturated heterocycles. The zero-order valence-corrected chi connectivity index (χ0v) is 16.5. The largest absolute Gasteiger partial charge is 0.462 e. The van der Waals surface area contributed by atoms with Gasteiger partial charge in [-0.15, -0.1) is 0 Å². The SMILES string of the molecule is CCOC(=O)c1cccc(NC2=C(Cl)C(=O)N(c3ccc(Br)cc3)C2=O)c1. The minimum Gasteiger partial charge on any atom is -0.462 e. The van der Waals surface area contributed by atoms with E-state index in [-0.39, 0.29) is 17.3 Å². The van der Waals surface area contributed by atoms with E-state index in [1.165, 1.54) is 6.07 Å². The van der Waals surface area contributed by atoms with E-state index < -0.39 is 17.8 Å². The third kappa shape index (κ3) is 3.89. The van der Waals surface area contributed by atoms with Gasteiger partial charge in [0.25, 0.3) is 11.8 Å². The van der Waals surface area contributed by atoms with Crippen molar-refractivity contribution in [3.63, 3.8) is 0 Å². The van der Waals surface area contributed by atoms with Gasteiger partial charge in [0.15, 0.2) is 0 Å². The number of amides is 2. The van der Waals surface area contributed by atoms with E-state index >= 15 is 0 Å². The average Bonchev–Trinajstić information content (AvgIpc) is 2.87. The molecule has 0 spiro atoms. The normalized spacial score (nSPS) is 14.0. The van der Waals surface area contributed by atoms with Gasteiger partial charge in [0, 0.05) is 10.2 Å². The van der Waals surface area contributed by atoms with Gasteiger partial charge in [-0.05, 0) is 49.4 Å². The molecule has 0 unspecified atom stereocenters. The Morgan fingerprint density at radius 2 is 1.85 bits per heavy atom. The van der Waals surface area contributed by atoms with Gasteiger partial charge in [-0.1, -0.05) is 33.6 Å². The van der Waals surface area contributed by atoms with Crippen LogP contribution in [0.5, 0.6) is 0 Å². The minimum absolute atomic E-state index is 0.0504. The number of carbonyl (C=O) groups is 3. The van der Waals surface area contributed by atoms with E-state index in [0.717, 1.165) is 9.37 Å². The Morgan fingerprint density at radius 3 is 2.52 bits per heavy atom. The molecule has 0 bridgehead atoms. The van der Waals surface area contributed by atoms with Gasteiger partial charge in [0.1, 0.15) is 10.7 Å². The molecule has 1 aliphatic heterocycles. The molecule has 1 heterocycles. The lowest BCUT2D eigenvalue weighted by Gasteiger charge is -2.15. The van der Waals surface area contributed by atoms with Gasteiger partial charge in [-0.2, -0.15) is 0 Å². The minimum atomic E-state index is -0.618. The molecule has 2 aromatic carbocycles. The number of anilines is 2. The molecule has 3 rings (SSSR count). The quantitative estimate of drug-likeness (QED) is 0.550. The van der Waals surface area contributed by atoms with Crippen LogP contribution in [0.4, 0.5) is 11.4 Å². The lowest BCUT2D eigenvalue weighted by Crippen LogP contribution is -2.32. The molecule has 1 aliphatic rings. The molecule has 2 aromatic rings. The van der Waals surface area contributed by atoms with Crippen LogP contribution in [-0.4, -0.2) is 24.4 Å². The zero-order valence-electron chi connectivity index (χ0n) is 14.2. The molecule has 0 aromatic heterocycles. The second kappa shape index (κ2) is 7.94. The highest BCUT2D eigenvalue weighted by atomic mass is 79.9. The predicted octanol–water partition coefficient (Wildman–Crippen LogP) is 4.06. The Bertz CT molecular complexity index is 956. The van der Waals surface area contributed by atoms with Crippen LogP contribution in [-0.2, 0) is 14.3 Å². The first-order valence-electron chi connectivity index (χ1n) is 8.00. The van der Waals surface area contributed by atoms with Crippen LogP contribution < -0.4 is 10.2 Å². The Kier molecular flexibility index (Phi) is 5.62. The molecule has 1 N–H and O–H groups in total. The summed E-state index contributed by atoms with van der Waals surface area (Å²) in [5.74, 6) is -1.67. The molecule has 2 amide bonds. The molecular weight excluding hydrogens is 436 g/mol. The molecule has 0 fully saturated rings. The van der Waals surface area contributed by atoms with Crippen LogP contribution in [0.25, 0.3) is 0 Å². The topological polar surface area (TPSA) is 75.7 Å². The molecular formula is C19H14BrClN2O4. The fraction of sp³-hybridized carbons (Fsp3) is 0.105. The Balaban J connectivity index is 1.86. The van der Waals surface area contributed by atoms with Crippen LogP contribution >= 0.6 is 27.5 Å². The Hall–Kier alpha value is -2.64. The van der Waals surface area contributed by atoms with E-state index in [4.69, 9.17) is 16.3 Å². The van der Waals surface area contributed by atoms with Crippen LogP contribution in [0.1, 0.15) is 17.3 Å². The first-order valence-corrected chi connectivity index (χ1v) is 9.17. The summed E-state index contributed by atoms with van der Waals surface area (Å²) in [4.78, 5) is 38.0. The van der Waals surface area contributed by atoms with Gasteiger partial charge in [0.2, 0.25) is 0 Å². The van der Waals surface area contributed by atoms with Crippen molar-refractivity contribution in [1.82, 2.24) is 0 Å². The number of hydrogen-bond donors (Lipinski definition) is 1. The fourth-order valence-corrected chi connectivity index (χ4v) is 3.00. The summed E-state index contributed by atoms with van der Waals surface area (Å²) in [6.07, 6.45) is 0. The lowest BCUT2D eigenvalue weighted by molar-refractivity contribution is -0.120. The highest BCUT2D eigenvalue weighted by molar-refractivity contribution is 9.10. The van der Waals surface area contributed by atoms with Crippen molar-refractivity contribution in [2.75, 3.05) is 16.8 Å². The van der Waals surface area contributed by atoms with Crippen molar-refractivity contribution in [3.05, 3.63) is 69.3 Å². The van der Waals surface area contributed by atoms with Crippen LogP contribution in [0.3, 0.4) is 0 Å². The van der Waals surface area contributed by atoms with E-state index in [0.29, 0.717) is 16.9 Å². The maximum absolute atomic E-state index is 12.7. The second-order valence-corrected chi connectivity index (χ2v) is 6.83. The van der Waals surface area contributed by atoms with Gasteiger partial charge < -0.3 is 10.1 Å². The van der Waals surface area contributed by atoms with Crippen LogP contribution in [0, 0.1) is 0 Å². The second-order valence-electron chi connectivity index (χ2n) is 5.54. The summed E-state index contributed by atoms with van der Waals surface area (Å²) in [5, 5.41) is 2.62. The Labute approximate surface area is 168 Å². The maximum Gasteiger partial charge on any atom is 0.338 e. The Morgan fingerprint density at radius 1 is 1.15 bits per heavy atom. The summed E-state index contributed by atoms with van der Waals surface area (Å²) >= 11 is 9.41. The predicted molar refractivity (Wildman–Crippen MR) is 106 cm³/mol. The monoisotopic (exact) mass is 448 g/mol. The standard InChI is InChI=1S/C19H14BrClN2O4/c1-2-27-19(26)11-4-3-5-13(10-11)22-16-15(21)17(24)23(18(16)25)14-8-6-12(20)7-9-14/h3-10,22H,2H2,1H3. The number of ether oxygens (including phenoxy) is 1. The van der Waals surface area contributed by atoms with Crippen molar-refractivity contribution in [2.45, 2.75) is 6.92 Å². The van der Waals surface area contributed by atoms with E-state index in [1.807, 2.05) is 0 Å². The van der Waals surface area contributed by atoms with Crippen LogP contribution in [0.2, 0.25) is 0 Å². The lowest BCUT2D eigenvalue weighted by atomic mass is 10.2. The van der Waals surface area contributed by atoms with Gasteiger partial charge in [0.05, 0.1) is 17.9 Å². The molecule has 0 saturated carbocycles.